The Morgan fingerprint density at radius 3 is 3.23 bits per heavy atom. The van der Waals surface area contributed by atoms with Gasteiger partial charge in [-0.2, -0.15) is 0 Å². The summed E-state index contributed by atoms with van der Waals surface area (Å²) in [5.41, 5.74) is 3.58. The van der Waals surface area contributed by atoms with Gasteiger partial charge in [0.2, 0.25) is 0 Å². The third kappa shape index (κ3) is 1.34. The maximum Gasteiger partial charge on any atom is 0.160 e. The number of hydroxylamine groups is 1. The number of aromatic nitrogens is 2. The monoisotopic (exact) mass is 178 g/mol. The second-order valence-electron chi connectivity index (χ2n) is 2.30. The van der Waals surface area contributed by atoms with Crippen LogP contribution in [0, 0.1) is 0 Å². The summed E-state index contributed by atoms with van der Waals surface area (Å²) in [6.07, 6.45) is 1.14. The molecule has 66 valence electrons. The van der Waals surface area contributed by atoms with Gasteiger partial charge in [0.15, 0.2) is 5.52 Å². The topological polar surface area (TPSA) is 83.5 Å². The third-order valence-corrected chi connectivity index (χ3v) is 1.53. The lowest BCUT2D eigenvalue weighted by molar-refractivity contribution is 0.240. The predicted molar refractivity (Wildman–Crippen MR) is 44.9 cm³/mol. The van der Waals surface area contributed by atoms with E-state index in [1.54, 1.807) is 23.7 Å². The molecule has 1 aromatic carbocycles. The van der Waals surface area contributed by atoms with Crippen molar-refractivity contribution in [2.24, 2.45) is 4.99 Å². The maximum absolute atomic E-state index is 8.29. The minimum Gasteiger partial charge on any atom is -0.290 e. The quantitative estimate of drug-likeness (QED) is 0.405. The van der Waals surface area contributed by atoms with Crippen LogP contribution < -0.4 is 5.48 Å². The zero-order chi connectivity index (χ0) is 9.10. The molecule has 0 aliphatic carbocycles. The van der Waals surface area contributed by atoms with Gasteiger partial charge in [-0.3, -0.25) is 10.7 Å². The van der Waals surface area contributed by atoms with Crippen LogP contribution in [0.1, 0.15) is 0 Å². The number of rotatable bonds is 2. The summed E-state index contributed by atoms with van der Waals surface area (Å²) < 4.78 is 4.53. The van der Waals surface area contributed by atoms with Crippen LogP contribution in [-0.4, -0.2) is 21.9 Å². The number of nitrogens with zero attached hydrogens (tertiary/aromatic N) is 3. The molecule has 0 aliphatic rings. The molecule has 2 N–H and O–H groups in total. The fourth-order valence-electron chi connectivity index (χ4n) is 0.994. The van der Waals surface area contributed by atoms with E-state index >= 15 is 0 Å². The van der Waals surface area contributed by atoms with Crippen molar-refractivity contribution < 1.29 is 9.84 Å². The number of hydrogen-bond acceptors (Lipinski definition) is 5. The third-order valence-electron chi connectivity index (χ3n) is 1.53. The molecule has 1 heterocycles. The van der Waals surface area contributed by atoms with Crippen molar-refractivity contribution in [1.82, 2.24) is 15.8 Å². The summed E-state index contributed by atoms with van der Waals surface area (Å²) in [6.45, 7) is 0. The van der Waals surface area contributed by atoms with E-state index < -0.39 is 0 Å². The van der Waals surface area contributed by atoms with Crippen molar-refractivity contribution in [3.8, 4) is 0 Å². The number of nitrogens with one attached hydrogen (secondary N) is 1. The summed E-state index contributed by atoms with van der Waals surface area (Å²) >= 11 is 0. The molecule has 6 nitrogen and oxygen atoms in total. The second-order valence-corrected chi connectivity index (χ2v) is 2.30. The molecule has 0 fully saturated rings. The number of benzene rings is 1. The van der Waals surface area contributed by atoms with Gasteiger partial charge >= 0.3 is 0 Å². The Morgan fingerprint density at radius 1 is 1.46 bits per heavy atom. The lowest BCUT2D eigenvalue weighted by Gasteiger charge is -1.91. The number of fused-ring (bicyclic) bond motifs is 1. The van der Waals surface area contributed by atoms with Crippen LogP contribution in [0.5, 0.6) is 0 Å². The molecule has 0 aliphatic heterocycles. The first-order valence-electron chi connectivity index (χ1n) is 3.55. The van der Waals surface area contributed by atoms with Gasteiger partial charge in [-0.05, 0) is 22.4 Å². The van der Waals surface area contributed by atoms with Crippen molar-refractivity contribution in [3.63, 3.8) is 0 Å². The molecule has 0 atom stereocenters. The SMILES string of the molecule is ONC=Nc1cccc2nonc12. The fraction of sp³-hybridized carbons (Fsp3) is 0. The molecule has 13 heavy (non-hydrogen) atoms. The van der Waals surface area contributed by atoms with Gasteiger partial charge < -0.3 is 0 Å². The largest absolute Gasteiger partial charge is 0.290 e. The first-order chi connectivity index (χ1) is 6.42. The molecule has 6 heteroatoms. The minimum atomic E-state index is 0.564. The second kappa shape index (κ2) is 3.20. The maximum atomic E-state index is 8.29. The van der Waals surface area contributed by atoms with Gasteiger partial charge in [0, 0.05) is 0 Å². The molecule has 0 spiro atoms. The van der Waals surface area contributed by atoms with E-state index in [9.17, 15) is 0 Å². The molecular weight excluding hydrogens is 172 g/mol. The Labute approximate surface area is 72.8 Å². The van der Waals surface area contributed by atoms with Crippen LogP contribution in [0.2, 0.25) is 0 Å². The first-order valence-corrected chi connectivity index (χ1v) is 3.55. The Bertz CT molecular complexity index is 437. The normalized spacial score (nSPS) is 11.2. The van der Waals surface area contributed by atoms with Crippen LogP contribution in [0.4, 0.5) is 5.69 Å². The van der Waals surface area contributed by atoms with Crippen LogP contribution in [0.25, 0.3) is 11.0 Å². The standard InChI is InChI=1S/C7H6N4O2/c12-9-4-8-5-2-1-3-6-7(5)11-13-10-6/h1-4,12H,(H,8,9). The van der Waals surface area contributed by atoms with Crippen LogP contribution >= 0.6 is 0 Å². The highest BCUT2D eigenvalue weighted by Crippen LogP contribution is 2.21. The van der Waals surface area contributed by atoms with E-state index in [-0.39, 0.29) is 0 Å². The molecule has 0 unspecified atom stereocenters. The number of aliphatic imine (C=N–C) groups is 1. The zero-order valence-electron chi connectivity index (χ0n) is 6.51. The average Bonchev–Trinajstić information content (AvgIpc) is 2.62. The molecule has 2 aromatic rings. The highest BCUT2D eigenvalue weighted by atomic mass is 16.6. The summed E-state index contributed by atoms with van der Waals surface area (Å²) in [5.74, 6) is 0. The Kier molecular flexibility index (Phi) is 1.89. The van der Waals surface area contributed by atoms with E-state index in [4.69, 9.17) is 5.21 Å². The molecule has 0 saturated heterocycles. The smallest absolute Gasteiger partial charge is 0.160 e. The van der Waals surface area contributed by atoms with Crippen molar-refractivity contribution in [3.05, 3.63) is 18.2 Å². The van der Waals surface area contributed by atoms with E-state index in [1.165, 1.54) is 0 Å². The Hall–Kier alpha value is -1.95. The van der Waals surface area contributed by atoms with Crippen molar-refractivity contribution in [2.75, 3.05) is 0 Å². The zero-order valence-corrected chi connectivity index (χ0v) is 6.51. The first kappa shape index (κ1) is 7.69. The molecule has 2 rings (SSSR count). The average molecular weight is 178 g/mol. The van der Waals surface area contributed by atoms with E-state index in [0.29, 0.717) is 16.7 Å². The lowest BCUT2D eigenvalue weighted by atomic mass is 10.3. The molecule has 0 radical (unpaired) electrons. The van der Waals surface area contributed by atoms with Crippen LogP contribution in [0.15, 0.2) is 27.8 Å². The predicted octanol–water partition coefficient (Wildman–Crippen LogP) is 0.861. The van der Waals surface area contributed by atoms with Gasteiger partial charge in [-0.15, -0.1) is 0 Å². The summed E-state index contributed by atoms with van der Waals surface area (Å²) in [6, 6.07) is 5.27. The van der Waals surface area contributed by atoms with Gasteiger partial charge in [-0.25, -0.2) is 9.62 Å². The Morgan fingerprint density at radius 2 is 2.38 bits per heavy atom. The van der Waals surface area contributed by atoms with Gasteiger partial charge in [0.25, 0.3) is 0 Å². The summed E-state index contributed by atoms with van der Waals surface area (Å²) in [5, 5.41) is 15.6. The highest BCUT2D eigenvalue weighted by molar-refractivity contribution is 5.86. The molecule has 0 saturated carbocycles. The van der Waals surface area contributed by atoms with Crippen LogP contribution in [-0.2, 0) is 0 Å². The summed E-state index contributed by atoms with van der Waals surface area (Å²) in [4.78, 5) is 3.88. The van der Waals surface area contributed by atoms with Crippen molar-refractivity contribution >= 4 is 23.1 Å². The van der Waals surface area contributed by atoms with E-state index in [2.05, 4.69) is 19.9 Å². The van der Waals surface area contributed by atoms with Crippen molar-refractivity contribution in [2.45, 2.75) is 0 Å². The van der Waals surface area contributed by atoms with Gasteiger partial charge in [0.05, 0.1) is 5.69 Å². The molecule has 1 aromatic heterocycles. The van der Waals surface area contributed by atoms with Crippen molar-refractivity contribution in [1.29, 1.82) is 0 Å². The Balaban J connectivity index is 2.54. The van der Waals surface area contributed by atoms with Gasteiger partial charge in [-0.1, -0.05) is 6.07 Å². The minimum absolute atomic E-state index is 0.564. The molecular formula is C7H6N4O2. The highest BCUT2D eigenvalue weighted by Gasteiger charge is 2.03. The molecule has 0 amide bonds. The lowest BCUT2D eigenvalue weighted by Crippen LogP contribution is -2.00. The molecule has 0 bridgehead atoms. The fourth-order valence-corrected chi connectivity index (χ4v) is 0.994. The number of hydrogen-bond donors (Lipinski definition) is 2. The van der Waals surface area contributed by atoms with Gasteiger partial charge in [0.1, 0.15) is 11.9 Å². The van der Waals surface area contributed by atoms with E-state index in [1.807, 2.05) is 0 Å². The summed E-state index contributed by atoms with van der Waals surface area (Å²) in [7, 11) is 0. The van der Waals surface area contributed by atoms with E-state index in [0.717, 1.165) is 6.34 Å². The van der Waals surface area contributed by atoms with Crippen LogP contribution in [0.3, 0.4) is 0 Å².